The molecule has 1 fully saturated rings. The highest BCUT2D eigenvalue weighted by Gasteiger charge is 2.22. The Kier molecular flexibility index (Phi) is 2.87. The highest BCUT2D eigenvalue weighted by molar-refractivity contribution is 5.01. The maximum Gasteiger partial charge on any atom is 0.274 e. The molecule has 0 aliphatic carbocycles. The van der Waals surface area contributed by atoms with E-state index in [0.29, 0.717) is 12.4 Å². The van der Waals surface area contributed by atoms with E-state index in [0.717, 1.165) is 19.3 Å². The van der Waals surface area contributed by atoms with Gasteiger partial charge in [-0.15, -0.1) is 0 Å². The third-order valence-corrected chi connectivity index (χ3v) is 1.43. The predicted molar refractivity (Wildman–Crippen MR) is 41.7 cm³/mol. The second-order valence-electron chi connectivity index (χ2n) is 2.44. The number of nitrogens with one attached hydrogen (secondary N) is 1. The van der Waals surface area contributed by atoms with Crippen molar-refractivity contribution in [3.05, 3.63) is 22.1 Å². The molecule has 0 radical (unpaired) electrons. The highest BCUT2D eigenvalue weighted by Crippen LogP contribution is 2.10. The van der Waals surface area contributed by atoms with Crippen LogP contribution in [0.3, 0.4) is 0 Å². The molecule has 1 rings (SSSR count). The standard InChI is InChI=1S/C6H11N3O3/c10-4-1-7-6(5-9(11)12)8-2-3-8/h5,7,10H,1-4H2. The normalized spacial score (nSPS) is 16.1. The van der Waals surface area contributed by atoms with Crippen LogP contribution in [-0.4, -0.2) is 41.2 Å². The van der Waals surface area contributed by atoms with E-state index in [1.165, 1.54) is 0 Å². The SMILES string of the molecule is O=[N+]([O-])C=C(NCCO)N1CC1. The first kappa shape index (κ1) is 8.79. The third-order valence-electron chi connectivity index (χ3n) is 1.43. The molecule has 0 atom stereocenters. The van der Waals surface area contributed by atoms with Crippen molar-refractivity contribution in [1.82, 2.24) is 10.2 Å². The molecule has 1 aliphatic heterocycles. The van der Waals surface area contributed by atoms with Crippen LogP contribution >= 0.6 is 0 Å². The molecule has 2 N–H and O–H groups in total. The summed E-state index contributed by atoms with van der Waals surface area (Å²) in [6.07, 6.45) is 0.919. The highest BCUT2D eigenvalue weighted by atomic mass is 16.6. The largest absolute Gasteiger partial charge is 0.395 e. The maximum absolute atomic E-state index is 10.1. The Morgan fingerprint density at radius 2 is 2.42 bits per heavy atom. The van der Waals surface area contributed by atoms with Gasteiger partial charge in [0, 0.05) is 19.6 Å². The van der Waals surface area contributed by atoms with E-state index < -0.39 is 4.92 Å². The second-order valence-corrected chi connectivity index (χ2v) is 2.44. The van der Waals surface area contributed by atoms with Crippen LogP contribution in [0, 0.1) is 10.1 Å². The van der Waals surface area contributed by atoms with Crippen molar-refractivity contribution in [3.63, 3.8) is 0 Å². The van der Waals surface area contributed by atoms with E-state index in [-0.39, 0.29) is 6.61 Å². The molecule has 0 unspecified atom stereocenters. The molecule has 1 saturated heterocycles. The van der Waals surface area contributed by atoms with Crippen molar-refractivity contribution in [2.24, 2.45) is 0 Å². The molecular weight excluding hydrogens is 162 g/mol. The molecule has 1 aliphatic rings. The van der Waals surface area contributed by atoms with Crippen molar-refractivity contribution < 1.29 is 10.0 Å². The minimum Gasteiger partial charge on any atom is -0.395 e. The Morgan fingerprint density at radius 1 is 1.75 bits per heavy atom. The van der Waals surface area contributed by atoms with Crippen molar-refractivity contribution in [2.45, 2.75) is 0 Å². The Labute approximate surface area is 69.6 Å². The number of nitrogens with zero attached hydrogens (tertiary/aromatic N) is 2. The molecule has 6 heteroatoms. The molecule has 0 saturated carbocycles. The zero-order valence-corrected chi connectivity index (χ0v) is 6.56. The van der Waals surface area contributed by atoms with Gasteiger partial charge in [0.05, 0.1) is 11.5 Å². The fraction of sp³-hybridized carbons (Fsp3) is 0.667. The van der Waals surface area contributed by atoms with E-state index in [9.17, 15) is 10.1 Å². The summed E-state index contributed by atoms with van der Waals surface area (Å²) >= 11 is 0. The first-order valence-corrected chi connectivity index (χ1v) is 3.69. The zero-order chi connectivity index (χ0) is 8.97. The van der Waals surface area contributed by atoms with Gasteiger partial charge < -0.3 is 15.3 Å². The van der Waals surface area contributed by atoms with Crippen molar-refractivity contribution in [1.29, 1.82) is 0 Å². The number of nitro groups is 1. The maximum atomic E-state index is 10.1. The molecular formula is C6H11N3O3. The molecule has 0 bridgehead atoms. The van der Waals surface area contributed by atoms with Gasteiger partial charge >= 0.3 is 0 Å². The van der Waals surface area contributed by atoms with Gasteiger partial charge in [-0.1, -0.05) is 0 Å². The average molecular weight is 173 g/mol. The van der Waals surface area contributed by atoms with Gasteiger partial charge in [-0.05, 0) is 0 Å². The summed E-state index contributed by atoms with van der Waals surface area (Å²) in [7, 11) is 0. The van der Waals surface area contributed by atoms with Gasteiger partial charge in [-0.2, -0.15) is 0 Å². The van der Waals surface area contributed by atoms with Crippen molar-refractivity contribution in [2.75, 3.05) is 26.2 Å². The van der Waals surface area contributed by atoms with Gasteiger partial charge in [0.15, 0.2) is 5.82 Å². The third kappa shape index (κ3) is 2.75. The summed E-state index contributed by atoms with van der Waals surface area (Å²) in [4.78, 5) is 11.4. The van der Waals surface area contributed by atoms with E-state index in [4.69, 9.17) is 5.11 Å². The smallest absolute Gasteiger partial charge is 0.274 e. The minimum atomic E-state index is -0.502. The van der Waals surface area contributed by atoms with E-state index in [1.807, 2.05) is 4.90 Å². The number of rotatable bonds is 5. The topological polar surface area (TPSA) is 78.4 Å². The molecule has 0 spiro atoms. The summed E-state index contributed by atoms with van der Waals surface area (Å²) in [5.74, 6) is 0.481. The Hall–Kier alpha value is -1.30. The van der Waals surface area contributed by atoms with Gasteiger partial charge in [-0.3, -0.25) is 10.1 Å². The molecule has 0 aromatic heterocycles. The average Bonchev–Trinajstić information content (AvgIpc) is 2.79. The first-order valence-electron chi connectivity index (χ1n) is 3.69. The van der Waals surface area contributed by atoms with E-state index >= 15 is 0 Å². The number of aliphatic hydroxyl groups is 1. The minimum absolute atomic E-state index is 0.0249. The Bertz CT molecular complexity index is 200. The lowest BCUT2D eigenvalue weighted by molar-refractivity contribution is -0.404. The molecule has 0 aromatic carbocycles. The summed E-state index contributed by atoms with van der Waals surface area (Å²) < 4.78 is 0. The van der Waals surface area contributed by atoms with Gasteiger partial charge in [0.25, 0.3) is 6.20 Å². The second kappa shape index (κ2) is 3.91. The predicted octanol–water partition coefficient (Wildman–Crippen LogP) is -1.04. The Morgan fingerprint density at radius 3 is 2.83 bits per heavy atom. The van der Waals surface area contributed by atoms with Gasteiger partial charge in [0.1, 0.15) is 0 Å². The van der Waals surface area contributed by atoms with Crippen LogP contribution in [0.5, 0.6) is 0 Å². The molecule has 1 heterocycles. The molecule has 0 aromatic rings. The van der Waals surface area contributed by atoms with Crippen LogP contribution in [0.15, 0.2) is 12.0 Å². The van der Waals surface area contributed by atoms with Crippen LogP contribution < -0.4 is 5.32 Å². The lowest BCUT2D eigenvalue weighted by Crippen LogP contribution is -2.23. The fourth-order valence-corrected chi connectivity index (χ4v) is 0.814. The van der Waals surface area contributed by atoms with E-state index in [2.05, 4.69) is 5.32 Å². The molecule has 0 amide bonds. The molecule has 68 valence electrons. The van der Waals surface area contributed by atoms with E-state index in [1.54, 1.807) is 0 Å². The Balaban J connectivity index is 2.42. The monoisotopic (exact) mass is 173 g/mol. The number of aliphatic hydroxyl groups excluding tert-OH is 1. The first-order chi connectivity index (χ1) is 5.74. The molecule has 12 heavy (non-hydrogen) atoms. The van der Waals surface area contributed by atoms with Gasteiger partial charge in [-0.25, -0.2) is 0 Å². The molecule has 6 nitrogen and oxygen atoms in total. The van der Waals surface area contributed by atoms with Crippen molar-refractivity contribution >= 4 is 0 Å². The van der Waals surface area contributed by atoms with Crippen molar-refractivity contribution in [3.8, 4) is 0 Å². The quantitative estimate of drug-likeness (QED) is 0.315. The lowest BCUT2D eigenvalue weighted by atomic mass is 10.6. The van der Waals surface area contributed by atoms with Crippen LogP contribution in [0.1, 0.15) is 0 Å². The lowest BCUT2D eigenvalue weighted by Gasteiger charge is -2.06. The summed E-state index contributed by atoms with van der Waals surface area (Å²) in [5.41, 5.74) is 0. The van der Waals surface area contributed by atoms with Crippen LogP contribution in [0.4, 0.5) is 0 Å². The zero-order valence-electron chi connectivity index (χ0n) is 6.56. The summed E-state index contributed by atoms with van der Waals surface area (Å²) in [6, 6.07) is 0. The summed E-state index contributed by atoms with van der Waals surface area (Å²) in [6.45, 7) is 2.01. The van der Waals surface area contributed by atoms with Crippen LogP contribution in [0.25, 0.3) is 0 Å². The summed E-state index contributed by atoms with van der Waals surface area (Å²) in [5, 5.41) is 21.3. The number of hydrogen-bond donors (Lipinski definition) is 2. The van der Waals surface area contributed by atoms with Crippen LogP contribution in [-0.2, 0) is 0 Å². The van der Waals surface area contributed by atoms with Crippen LogP contribution in [0.2, 0.25) is 0 Å². The van der Waals surface area contributed by atoms with Gasteiger partial charge in [0.2, 0.25) is 0 Å². The number of hydrogen-bond acceptors (Lipinski definition) is 5. The fourth-order valence-electron chi connectivity index (χ4n) is 0.814.